The number of aliphatic hydroxyl groups is 1. The summed E-state index contributed by atoms with van der Waals surface area (Å²) in [5.74, 6) is -2.88. The second kappa shape index (κ2) is 7.86. The molecule has 5 nitrogen and oxygen atoms in total. The fourth-order valence-electron chi connectivity index (χ4n) is 1.81. The molecule has 0 aromatic heterocycles. The van der Waals surface area contributed by atoms with Gasteiger partial charge in [-0.15, -0.1) is 0 Å². The van der Waals surface area contributed by atoms with Crippen LogP contribution in [0.25, 0.3) is 5.76 Å². The van der Waals surface area contributed by atoms with Crippen molar-refractivity contribution in [2.24, 2.45) is 0 Å². The number of aliphatic carboxylic acids is 1. The van der Waals surface area contributed by atoms with Gasteiger partial charge in [0.2, 0.25) is 0 Å². The molecule has 2 N–H and O–H groups in total. The van der Waals surface area contributed by atoms with Crippen LogP contribution in [-0.4, -0.2) is 22.0 Å². The van der Waals surface area contributed by atoms with E-state index in [0.717, 1.165) is 5.56 Å². The van der Waals surface area contributed by atoms with Crippen LogP contribution in [0.15, 0.2) is 48.5 Å². The maximum atomic E-state index is 11.1. The molecule has 124 valence electrons. The Morgan fingerprint density at radius 2 is 1.79 bits per heavy atom. The Labute approximate surface area is 147 Å². The van der Waals surface area contributed by atoms with Crippen LogP contribution in [0.4, 0.5) is 0 Å². The molecule has 2 aromatic carbocycles. The molecule has 0 aliphatic carbocycles. The van der Waals surface area contributed by atoms with Crippen LogP contribution in [0, 0.1) is 0 Å². The Morgan fingerprint density at radius 1 is 1.04 bits per heavy atom. The normalized spacial score (nSPS) is 11.2. The Balaban J connectivity index is 2.11. The van der Waals surface area contributed by atoms with E-state index in [9.17, 15) is 14.7 Å². The van der Waals surface area contributed by atoms with Crippen LogP contribution in [0.3, 0.4) is 0 Å². The van der Waals surface area contributed by atoms with Gasteiger partial charge in [0.05, 0.1) is 10.0 Å². The Hall–Kier alpha value is -2.50. The summed E-state index contributed by atoms with van der Waals surface area (Å²) in [4.78, 5) is 21.6. The van der Waals surface area contributed by atoms with Gasteiger partial charge in [-0.2, -0.15) is 0 Å². The molecule has 24 heavy (non-hydrogen) atoms. The molecule has 0 bridgehead atoms. The van der Waals surface area contributed by atoms with Gasteiger partial charge in [-0.25, -0.2) is 4.79 Å². The Bertz CT molecular complexity index is 814. The van der Waals surface area contributed by atoms with E-state index in [-0.39, 0.29) is 12.2 Å². The van der Waals surface area contributed by atoms with Gasteiger partial charge in [-0.3, -0.25) is 4.79 Å². The average Bonchev–Trinajstić information content (AvgIpc) is 2.56. The smallest absolute Gasteiger partial charge is 0.376 e. The Kier molecular flexibility index (Phi) is 5.84. The molecule has 0 spiro atoms. The topological polar surface area (TPSA) is 83.8 Å². The lowest BCUT2D eigenvalue weighted by Gasteiger charge is -2.08. The lowest BCUT2D eigenvalue weighted by atomic mass is 10.1. The summed E-state index contributed by atoms with van der Waals surface area (Å²) in [7, 11) is 0. The number of benzene rings is 2. The molecule has 2 rings (SSSR count). The number of carbonyl (C=O) groups is 2. The van der Waals surface area contributed by atoms with E-state index in [1.54, 1.807) is 30.3 Å². The Morgan fingerprint density at radius 3 is 2.46 bits per heavy atom. The molecule has 0 aliphatic heterocycles. The third-order valence-electron chi connectivity index (χ3n) is 3.00. The monoisotopic (exact) mass is 366 g/mol. The third kappa shape index (κ3) is 4.75. The van der Waals surface area contributed by atoms with Gasteiger partial charge < -0.3 is 14.9 Å². The molecular formula is C17H12Cl2O5. The molecule has 0 amide bonds. The van der Waals surface area contributed by atoms with Crippen molar-refractivity contribution in [3.63, 3.8) is 0 Å². The zero-order chi connectivity index (χ0) is 17.7. The number of carboxylic acids is 1. The van der Waals surface area contributed by atoms with Gasteiger partial charge >= 0.3 is 5.97 Å². The molecule has 0 aliphatic rings. The van der Waals surface area contributed by atoms with Crippen molar-refractivity contribution in [1.29, 1.82) is 0 Å². The SMILES string of the molecule is O=C(O)C(=O)C=C(O)c1cccc(OCc2ccc(Cl)c(Cl)c2)c1. The lowest BCUT2D eigenvalue weighted by molar-refractivity contribution is -0.146. The van der Waals surface area contributed by atoms with E-state index in [0.29, 0.717) is 21.9 Å². The number of ketones is 1. The second-order valence-corrected chi connectivity index (χ2v) is 5.58. The van der Waals surface area contributed by atoms with Crippen LogP contribution in [0.5, 0.6) is 5.75 Å². The van der Waals surface area contributed by atoms with Crippen molar-refractivity contribution in [3.05, 3.63) is 69.7 Å². The van der Waals surface area contributed by atoms with Gasteiger partial charge in [0.25, 0.3) is 5.78 Å². The molecule has 7 heteroatoms. The molecule has 0 atom stereocenters. The maximum Gasteiger partial charge on any atom is 0.376 e. The summed E-state index contributed by atoms with van der Waals surface area (Å²) in [6, 6.07) is 11.4. The minimum Gasteiger partial charge on any atom is -0.507 e. The van der Waals surface area contributed by atoms with Gasteiger partial charge in [0.15, 0.2) is 0 Å². The van der Waals surface area contributed by atoms with Crippen molar-refractivity contribution < 1.29 is 24.5 Å². The van der Waals surface area contributed by atoms with Crippen LogP contribution < -0.4 is 4.74 Å². The number of halogens is 2. The highest BCUT2D eigenvalue weighted by atomic mass is 35.5. The zero-order valence-electron chi connectivity index (χ0n) is 12.2. The van der Waals surface area contributed by atoms with Crippen LogP contribution in [0.2, 0.25) is 10.0 Å². The molecule has 0 unspecified atom stereocenters. The van der Waals surface area contributed by atoms with Crippen molar-refractivity contribution >= 4 is 40.7 Å². The predicted octanol–water partition coefficient (Wildman–Crippen LogP) is 4.13. The van der Waals surface area contributed by atoms with Crippen LogP contribution >= 0.6 is 23.2 Å². The number of hydrogen-bond acceptors (Lipinski definition) is 4. The highest BCUT2D eigenvalue weighted by Crippen LogP contribution is 2.24. The number of rotatable bonds is 6. The first kappa shape index (κ1) is 17.8. The van der Waals surface area contributed by atoms with Crippen molar-refractivity contribution in [1.82, 2.24) is 0 Å². The molecule has 0 heterocycles. The summed E-state index contributed by atoms with van der Waals surface area (Å²) in [5.41, 5.74) is 1.06. The molecule has 0 radical (unpaired) electrons. The highest BCUT2D eigenvalue weighted by Gasteiger charge is 2.11. The first-order valence-corrected chi connectivity index (χ1v) is 7.47. The van der Waals surface area contributed by atoms with Gasteiger partial charge in [-0.1, -0.05) is 41.4 Å². The van der Waals surface area contributed by atoms with Crippen molar-refractivity contribution in [2.45, 2.75) is 6.61 Å². The summed E-state index contributed by atoms with van der Waals surface area (Å²) >= 11 is 11.8. The number of hydrogen-bond donors (Lipinski definition) is 2. The van der Waals surface area contributed by atoms with E-state index >= 15 is 0 Å². The molecular weight excluding hydrogens is 355 g/mol. The second-order valence-electron chi connectivity index (χ2n) is 4.76. The van der Waals surface area contributed by atoms with Crippen molar-refractivity contribution in [3.8, 4) is 5.75 Å². The van der Waals surface area contributed by atoms with Gasteiger partial charge in [0, 0.05) is 11.6 Å². The summed E-state index contributed by atoms with van der Waals surface area (Å²) in [6.45, 7) is 0.221. The molecule has 2 aromatic rings. The predicted molar refractivity (Wildman–Crippen MR) is 90.5 cm³/mol. The molecule has 0 fully saturated rings. The first-order chi connectivity index (χ1) is 11.4. The minimum atomic E-state index is -1.64. The largest absolute Gasteiger partial charge is 0.507 e. The van der Waals surface area contributed by atoms with E-state index in [1.807, 2.05) is 0 Å². The number of carboxylic acid groups (broad SMARTS) is 1. The van der Waals surface area contributed by atoms with Crippen molar-refractivity contribution in [2.75, 3.05) is 0 Å². The number of aliphatic hydroxyl groups excluding tert-OH is 1. The zero-order valence-corrected chi connectivity index (χ0v) is 13.7. The highest BCUT2D eigenvalue weighted by molar-refractivity contribution is 6.42. The maximum absolute atomic E-state index is 11.1. The van der Waals surface area contributed by atoms with Gasteiger partial charge in [-0.05, 0) is 29.8 Å². The van der Waals surface area contributed by atoms with E-state index in [2.05, 4.69) is 0 Å². The third-order valence-corrected chi connectivity index (χ3v) is 3.74. The average molecular weight is 367 g/mol. The lowest BCUT2D eigenvalue weighted by Crippen LogP contribution is -2.09. The quantitative estimate of drug-likeness (QED) is 0.456. The summed E-state index contributed by atoms with van der Waals surface area (Å²) < 4.78 is 5.59. The van der Waals surface area contributed by atoms with E-state index < -0.39 is 17.5 Å². The summed E-state index contributed by atoms with van der Waals surface area (Å²) in [6.07, 6.45) is 0.639. The fourth-order valence-corrected chi connectivity index (χ4v) is 2.13. The minimum absolute atomic E-state index is 0.221. The van der Waals surface area contributed by atoms with Crippen LogP contribution in [0.1, 0.15) is 11.1 Å². The summed E-state index contributed by atoms with van der Waals surface area (Å²) in [5, 5.41) is 19.2. The van der Waals surface area contributed by atoms with E-state index in [4.69, 9.17) is 33.0 Å². The number of ether oxygens (including phenoxy) is 1. The number of carbonyl (C=O) groups excluding carboxylic acids is 1. The van der Waals surface area contributed by atoms with Gasteiger partial charge in [0.1, 0.15) is 18.1 Å². The molecule has 0 saturated heterocycles. The first-order valence-electron chi connectivity index (χ1n) is 6.72. The fraction of sp³-hybridized carbons (Fsp3) is 0.0588. The standard InChI is InChI=1S/C17H12Cl2O5/c18-13-5-4-10(6-14(13)19)9-24-12-3-1-2-11(7-12)15(20)8-16(21)17(22)23/h1-8,20H,9H2,(H,22,23). The van der Waals surface area contributed by atoms with E-state index in [1.165, 1.54) is 12.1 Å². The molecule has 0 saturated carbocycles. The van der Waals surface area contributed by atoms with Crippen LogP contribution in [-0.2, 0) is 16.2 Å².